The van der Waals surface area contributed by atoms with Crippen molar-refractivity contribution in [1.29, 1.82) is 0 Å². The fourth-order valence-corrected chi connectivity index (χ4v) is 3.01. The van der Waals surface area contributed by atoms with Gasteiger partial charge in [0.05, 0.1) is 12.0 Å². The molecule has 0 atom stereocenters. The normalized spacial score (nSPS) is 10.2. The van der Waals surface area contributed by atoms with Gasteiger partial charge >= 0.3 is 5.97 Å². The molecular formula is C23H24O6. The highest BCUT2D eigenvalue weighted by Gasteiger charge is 2.26. The number of carbonyl (C=O) groups is 2. The average Bonchev–Trinajstić information content (AvgIpc) is 2.70. The number of hydrogen-bond acceptors (Lipinski definition) is 5. The van der Waals surface area contributed by atoms with E-state index in [4.69, 9.17) is 9.47 Å². The van der Waals surface area contributed by atoms with Gasteiger partial charge in [-0.15, -0.1) is 0 Å². The maximum absolute atomic E-state index is 13.3. The standard InChI is InChI=1S/C23H24O6/c1-4-11-28-19-14-20(29-12-5-2)22(18(13-21(25)26)17(19)6-3)23(27)15-7-9-16(24)10-8-15/h4-5,7-10,14,24H,1-2,6,11-13H2,3H3,(H,25,26). The Kier molecular flexibility index (Phi) is 7.60. The first-order chi connectivity index (χ1) is 13.9. The van der Waals surface area contributed by atoms with Crippen molar-refractivity contribution in [2.24, 2.45) is 0 Å². The topological polar surface area (TPSA) is 93.1 Å². The van der Waals surface area contributed by atoms with Gasteiger partial charge in [-0.3, -0.25) is 9.59 Å². The Morgan fingerprint density at radius 1 is 1.00 bits per heavy atom. The first-order valence-electron chi connectivity index (χ1n) is 9.14. The SMILES string of the molecule is C=CCOc1cc(OCC=C)c(C(=O)c2ccc(O)cc2)c(CC(=O)O)c1CC. The Balaban J connectivity index is 2.75. The van der Waals surface area contributed by atoms with Crippen molar-refractivity contribution in [3.63, 3.8) is 0 Å². The maximum atomic E-state index is 13.3. The molecule has 152 valence electrons. The van der Waals surface area contributed by atoms with E-state index in [-0.39, 0.29) is 36.7 Å². The van der Waals surface area contributed by atoms with Crippen LogP contribution < -0.4 is 9.47 Å². The molecule has 6 heteroatoms. The zero-order chi connectivity index (χ0) is 21.4. The fraction of sp³-hybridized carbons (Fsp3) is 0.217. The second-order valence-electron chi connectivity index (χ2n) is 6.20. The van der Waals surface area contributed by atoms with E-state index in [1.54, 1.807) is 12.1 Å². The second-order valence-corrected chi connectivity index (χ2v) is 6.20. The molecule has 2 N–H and O–H groups in total. The van der Waals surface area contributed by atoms with E-state index in [0.29, 0.717) is 28.9 Å². The molecule has 0 fully saturated rings. The number of carboxylic acids is 1. The van der Waals surface area contributed by atoms with Crippen LogP contribution in [-0.2, 0) is 17.6 Å². The van der Waals surface area contributed by atoms with Crippen molar-refractivity contribution < 1.29 is 29.3 Å². The Labute approximate surface area is 169 Å². The molecule has 2 aromatic carbocycles. The lowest BCUT2D eigenvalue weighted by atomic mass is 9.90. The summed E-state index contributed by atoms with van der Waals surface area (Å²) in [5, 5.41) is 19.0. The number of phenolic OH excluding ortho intramolecular Hbond substituents is 1. The molecule has 0 amide bonds. The highest BCUT2D eigenvalue weighted by molar-refractivity contribution is 6.12. The minimum Gasteiger partial charge on any atom is -0.508 e. The molecule has 0 aliphatic heterocycles. The third-order valence-electron chi connectivity index (χ3n) is 4.22. The summed E-state index contributed by atoms with van der Waals surface area (Å²) in [6, 6.07) is 7.36. The molecule has 0 heterocycles. The molecule has 0 saturated heterocycles. The molecule has 29 heavy (non-hydrogen) atoms. The smallest absolute Gasteiger partial charge is 0.307 e. The number of benzene rings is 2. The quantitative estimate of drug-likeness (QED) is 0.441. The van der Waals surface area contributed by atoms with Crippen molar-refractivity contribution in [1.82, 2.24) is 0 Å². The Morgan fingerprint density at radius 3 is 2.10 bits per heavy atom. The van der Waals surface area contributed by atoms with Crippen molar-refractivity contribution in [2.45, 2.75) is 19.8 Å². The Hall–Kier alpha value is -3.54. The molecule has 0 saturated carbocycles. The third-order valence-corrected chi connectivity index (χ3v) is 4.22. The number of ketones is 1. The molecule has 0 aliphatic carbocycles. The van der Waals surface area contributed by atoms with Gasteiger partial charge in [-0.05, 0) is 41.8 Å². The van der Waals surface area contributed by atoms with Crippen LogP contribution in [0.5, 0.6) is 17.2 Å². The van der Waals surface area contributed by atoms with Gasteiger partial charge in [-0.1, -0.05) is 32.2 Å². The van der Waals surface area contributed by atoms with Crippen molar-refractivity contribution in [2.75, 3.05) is 13.2 Å². The van der Waals surface area contributed by atoms with Crippen molar-refractivity contribution in [3.05, 3.63) is 77.9 Å². The van der Waals surface area contributed by atoms with Crippen molar-refractivity contribution >= 4 is 11.8 Å². The van der Waals surface area contributed by atoms with Crippen LogP contribution in [0.1, 0.15) is 34.0 Å². The van der Waals surface area contributed by atoms with E-state index in [1.807, 2.05) is 6.92 Å². The summed E-state index contributed by atoms with van der Waals surface area (Å²) in [4.78, 5) is 24.9. The molecule has 0 aliphatic rings. The fourth-order valence-electron chi connectivity index (χ4n) is 3.01. The first-order valence-corrected chi connectivity index (χ1v) is 9.14. The number of hydrogen-bond donors (Lipinski definition) is 2. The van der Waals surface area contributed by atoms with Crippen LogP contribution in [0, 0.1) is 0 Å². The molecule has 0 radical (unpaired) electrons. The van der Waals surface area contributed by atoms with Crippen LogP contribution in [0.3, 0.4) is 0 Å². The third kappa shape index (κ3) is 5.25. The van der Waals surface area contributed by atoms with E-state index >= 15 is 0 Å². The zero-order valence-electron chi connectivity index (χ0n) is 16.3. The Morgan fingerprint density at radius 2 is 1.59 bits per heavy atom. The lowest BCUT2D eigenvalue weighted by Crippen LogP contribution is -2.16. The largest absolute Gasteiger partial charge is 0.508 e. The Bertz CT molecular complexity index is 912. The molecule has 0 unspecified atom stereocenters. The number of rotatable bonds is 11. The van der Waals surface area contributed by atoms with Gasteiger partial charge in [0.1, 0.15) is 30.5 Å². The van der Waals surface area contributed by atoms with E-state index < -0.39 is 11.8 Å². The molecule has 0 spiro atoms. The number of aliphatic carboxylic acids is 1. The highest BCUT2D eigenvalue weighted by atomic mass is 16.5. The lowest BCUT2D eigenvalue weighted by Gasteiger charge is -2.20. The van der Waals surface area contributed by atoms with Crippen LogP contribution in [0.2, 0.25) is 0 Å². The predicted molar refractivity (Wildman–Crippen MR) is 110 cm³/mol. The number of phenols is 1. The summed E-state index contributed by atoms with van der Waals surface area (Å²) in [5.74, 6) is -0.779. The summed E-state index contributed by atoms with van der Waals surface area (Å²) >= 11 is 0. The first kappa shape index (κ1) is 21.8. The maximum Gasteiger partial charge on any atom is 0.307 e. The summed E-state index contributed by atoms with van der Waals surface area (Å²) in [6.45, 7) is 9.47. The minimum absolute atomic E-state index is 0.0258. The van der Waals surface area contributed by atoms with Crippen LogP contribution in [0.25, 0.3) is 0 Å². The van der Waals surface area contributed by atoms with E-state index in [2.05, 4.69) is 13.2 Å². The summed E-state index contributed by atoms with van der Waals surface area (Å²) in [7, 11) is 0. The number of ether oxygens (including phenoxy) is 2. The second kappa shape index (κ2) is 10.1. The van der Waals surface area contributed by atoms with Crippen LogP contribution in [-0.4, -0.2) is 35.2 Å². The summed E-state index contributed by atoms with van der Waals surface area (Å²) in [6.07, 6.45) is 3.21. The van der Waals surface area contributed by atoms with Crippen LogP contribution >= 0.6 is 0 Å². The number of carbonyl (C=O) groups excluding carboxylic acids is 1. The van der Waals surface area contributed by atoms with Gasteiger partial charge in [0.15, 0.2) is 5.78 Å². The number of aromatic hydroxyl groups is 1. The zero-order valence-corrected chi connectivity index (χ0v) is 16.3. The van der Waals surface area contributed by atoms with Gasteiger partial charge < -0.3 is 19.7 Å². The van der Waals surface area contributed by atoms with Crippen LogP contribution in [0.4, 0.5) is 0 Å². The highest BCUT2D eigenvalue weighted by Crippen LogP contribution is 2.36. The van der Waals surface area contributed by atoms with Crippen molar-refractivity contribution in [3.8, 4) is 17.2 Å². The number of carboxylic acid groups (broad SMARTS) is 1. The lowest BCUT2D eigenvalue weighted by molar-refractivity contribution is -0.136. The minimum atomic E-state index is -1.07. The molecule has 0 bridgehead atoms. The molecule has 6 nitrogen and oxygen atoms in total. The van der Waals surface area contributed by atoms with Gasteiger partial charge in [-0.2, -0.15) is 0 Å². The average molecular weight is 396 g/mol. The molecule has 0 aromatic heterocycles. The van der Waals surface area contributed by atoms with E-state index in [9.17, 15) is 19.8 Å². The molecule has 2 aromatic rings. The van der Waals surface area contributed by atoms with E-state index in [1.165, 1.54) is 30.3 Å². The molecular weight excluding hydrogens is 372 g/mol. The van der Waals surface area contributed by atoms with Gasteiger partial charge in [0.25, 0.3) is 0 Å². The van der Waals surface area contributed by atoms with E-state index in [0.717, 1.165) is 0 Å². The summed E-state index contributed by atoms with van der Waals surface area (Å²) in [5.41, 5.74) is 1.45. The van der Waals surface area contributed by atoms with Gasteiger partial charge in [-0.25, -0.2) is 0 Å². The van der Waals surface area contributed by atoms with Gasteiger partial charge in [0.2, 0.25) is 0 Å². The van der Waals surface area contributed by atoms with Gasteiger partial charge in [0, 0.05) is 11.6 Å². The monoisotopic (exact) mass is 396 g/mol. The summed E-state index contributed by atoms with van der Waals surface area (Å²) < 4.78 is 11.4. The molecule has 2 rings (SSSR count). The van der Waals surface area contributed by atoms with Crippen LogP contribution in [0.15, 0.2) is 55.6 Å². The predicted octanol–water partition coefficient (Wildman–Crippen LogP) is 3.94.